The molecule has 0 spiro atoms. The number of piperazine rings is 1. The number of hydrogen-bond donors (Lipinski definition) is 0. The Hall–Kier alpha value is -0.910. The van der Waals surface area contributed by atoms with Gasteiger partial charge in [-0.05, 0) is 12.3 Å². The molecule has 0 amide bonds. The first-order valence-corrected chi connectivity index (χ1v) is 7.30. The lowest BCUT2D eigenvalue weighted by Crippen LogP contribution is -2.47. The van der Waals surface area contributed by atoms with Gasteiger partial charge in [0.25, 0.3) is 0 Å². The Labute approximate surface area is 115 Å². The molecule has 0 aromatic carbocycles. The quantitative estimate of drug-likeness (QED) is 0.796. The van der Waals surface area contributed by atoms with Crippen molar-refractivity contribution in [2.75, 3.05) is 45.9 Å². The average Bonchev–Trinajstić information content (AvgIpc) is 3.05. The van der Waals surface area contributed by atoms with Gasteiger partial charge in [-0.15, -0.1) is 0 Å². The highest BCUT2D eigenvalue weighted by Crippen LogP contribution is 2.15. The minimum atomic E-state index is 0.765. The van der Waals surface area contributed by atoms with Crippen molar-refractivity contribution in [1.82, 2.24) is 19.4 Å². The van der Waals surface area contributed by atoms with Crippen LogP contribution in [0.25, 0.3) is 0 Å². The molecule has 1 atom stereocenters. The molecule has 2 saturated heterocycles. The van der Waals surface area contributed by atoms with E-state index >= 15 is 0 Å². The predicted molar refractivity (Wildman–Crippen MR) is 73.9 cm³/mol. The monoisotopic (exact) mass is 264 g/mol. The van der Waals surface area contributed by atoms with Crippen LogP contribution in [0.4, 0.5) is 0 Å². The molecular weight excluding hydrogens is 240 g/mol. The van der Waals surface area contributed by atoms with Crippen LogP contribution in [0.15, 0.2) is 12.4 Å². The standard InChI is InChI=1S/C14H24N4O/c1-16-4-3-15-14(16)11-18-7-5-17(6-8-18)10-13-2-9-19-12-13/h3-4,13H,2,5-12H2,1H3/t13-/m1/s1. The van der Waals surface area contributed by atoms with Gasteiger partial charge in [-0.1, -0.05) is 0 Å². The fourth-order valence-electron chi connectivity index (χ4n) is 2.97. The van der Waals surface area contributed by atoms with Gasteiger partial charge in [-0.25, -0.2) is 4.98 Å². The van der Waals surface area contributed by atoms with Gasteiger partial charge < -0.3 is 14.2 Å². The zero-order valence-electron chi connectivity index (χ0n) is 11.8. The molecular formula is C14H24N4O. The maximum atomic E-state index is 5.45. The molecule has 1 aromatic rings. The van der Waals surface area contributed by atoms with E-state index in [2.05, 4.69) is 26.4 Å². The summed E-state index contributed by atoms with van der Waals surface area (Å²) in [5.74, 6) is 1.93. The number of nitrogens with zero attached hydrogens (tertiary/aromatic N) is 4. The summed E-state index contributed by atoms with van der Waals surface area (Å²) in [7, 11) is 2.07. The lowest BCUT2D eigenvalue weighted by atomic mass is 10.1. The third-order valence-corrected chi connectivity index (χ3v) is 4.29. The summed E-state index contributed by atoms with van der Waals surface area (Å²) in [6.45, 7) is 8.79. The van der Waals surface area contributed by atoms with Crippen molar-refractivity contribution in [1.29, 1.82) is 0 Å². The van der Waals surface area contributed by atoms with E-state index in [9.17, 15) is 0 Å². The molecule has 0 bridgehead atoms. The molecule has 2 aliphatic heterocycles. The summed E-state index contributed by atoms with van der Waals surface area (Å²) in [4.78, 5) is 9.50. The number of rotatable bonds is 4. The lowest BCUT2D eigenvalue weighted by molar-refractivity contribution is 0.105. The summed E-state index contributed by atoms with van der Waals surface area (Å²) in [6.07, 6.45) is 5.14. The van der Waals surface area contributed by atoms with Crippen LogP contribution < -0.4 is 0 Å². The molecule has 106 valence electrons. The number of aromatic nitrogens is 2. The number of aryl methyl sites for hydroxylation is 1. The second-order valence-corrected chi connectivity index (χ2v) is 5.76. The van der Waals surface area contributed by atoms with E-state index in [0.29, 0.717) is 0 Å². The highest BCUT2D eigenvalue weighted by Gasteiger charge is 2.23. The van der Waals surface area contributed by atoms with Gasteiger partial charge in [-0.2, -0.15) is 0 Å². The highest BCUT2D eigenvalue weighted by molar-refractivity contribution is 4.91. The number of ether oxygens (including phenoxy) is 1. The van der Waals surface area contributed by atoms with Crippen LogP contribution in [0, 0.1) is 5.92 Å². The van der Waals surface area contributed by atoms with Gasteiger partial charge in [0, 0.05) is 58.8 Å². The molecule has 5 heteroatoms. The zero-order chi connectivity index (χ0) is 13.1. The van der Waals surface area contributed by atoms with E-state index in [0.717, 1.165) is 44.6 Å². The molecule has 1 aromatic heterocycles. The molecule has 3 rings (SSSR count). The summed E-state index contributed by atoms with van der Waals surface area (Å²) < 4.78 is 7.57. The molecule has 2 aliphatic rings. The molecule has 0 aliphatic carbocycles. The third kappa shape index (κ3) is 3.35. The van der Waals surface area contributed by atoms with Gasteiger partial charge in [0.1, 0.15) is 5.82 Å². The third-order valence-electron chi connectivity index (χ3n) is 4.29. The smallest absolute Gasteiger partial charge is 0.122 e. The van der Waals surface area contributed by atoms with Crippen LogP contribution >= 0.6 is 0 Å². The van der Waals surface area contributed by atoms with E-state index < -0.39 is 0 Å². The van der Waals surface area contributed by atoms with Crippen molar-refractivity contribution < 1.29 is 4.74 Å². The van der Waals surface area contributed by atoms with Crippen molar-refractivity contribution in [3.05, 3.63) is 18.2 Å². The maximum Gasteiger partial charge on any atom is 0.122 e. The number of imidazole rings is 1. The minimum absolute atomic E-state index is 0.765. The topological polar surface area (TPSA) is 33.5 Å². The van der Waals surface area contributed by atoms with Crippen LogP contribution in [0.5, 0.6) is 0 Å². The minimum Gasteiger partial charge on any atom is -0.381 e. The van der Waals surface area contributed by atoms with Gasteiger partial charge in [-0.3, -0.25) is 4.90 Å². The predicted octanol–water partition coefficient (Wildman–Crippen LogP) is 0.574. The summed E-state index contributed by atoms with van der Waals surface area (Å²) in [6, 6.07) is 0. The van der Waals surface area contributed by atoms with E-state index in [4.69, 9.17) is 4.74 Å². The van der Waals surface area contributed by atoms with E-state index in [1.54, 1.807) is 0 Å². The van der Waals surface area contributed by atoms with Crippen LogP contribution in [0.3, 0.4) is 0 Å². The second kappa shape index (κ2) is 6.03. The largest absolute Gasteiger partial charge is 0.381 e. The van der Waals surface area contributed by atoms with E-state index in [1.807, 2.05) is 12.4 Å². The summed E-state index contributed by atoms with van der Waals surface area (Å²) in [5.41, 5.74) is 0. The van der Waals surface area contributed by atoms with Gasteiger partial charge >= 0.3 is 0 Å². The Bertz CT molecular complexity index is 392. The highest BCUT2D eigenvalue weighted by atomic mass is 16.5. The van der Waals surface area contributed by atoms with Gasteiger partial charge in [0.15, 0.2) is 0 Å². The Balaban J connectivity index is 1.43. The first-order valence-electron chi connectivity index (χ1n) is 7.30. The van der Waals surface area contributed by atoms with Crippen LogP contribution in [-0.4, -0.2) is 65.3 Å². The van der Waals surface area contributed by atoms with Crippen LogP contribution in [-0.2, 0) is 18.3 Å². The zero-order valence-corrected chi connectivity index (χ0v) is 11.8. The van der Waals surface area contributed by atoms with Crippen molar-refractivity contribution in [2.24, 2.45) is 13.0 Å². The van der Waals surface area contributed by atoms with Crippen molar-refractivity contribution in [3.63, 3.8) is 0 Å². The van der Waals surface area contributed by atoms with Crippen molar-refractivity contribution >= 4 is 0 Å². The Morgan fingerprint density at radius 2 is 2.05 bits per heavy atom. The summed E-state index contributed by atoms with van der Waals surface area (Å²) >= 11 is 0. The Morgan fingerprint density at radius 1 is 1.26 bits per heavy atom. The second-order valence-electron chi connectivity index (χ2n) is 5.76. The SMILES string of the molecule is Cn1ccnc1CN1CCN(C[C@H]2CCOC2)CC1. The normalized spacial score (nSPS) is 26.1. The van der Waals surface area contributed by atoms with Gasteiger partial charge in [0.05, 0.1) is 13.2 Å². The lowest BCUT2D eigenvalue weighted by Gasteiger charge is -2.35. The van der Waals surface area contributed by atoms with E-state index in [-0.39, 0.29) is 0 Å². The molecule has 0 radical (unpaired) electrons. The van der Waals surface area contributed by atoms with Crippen molar-refractivity contribution in [3.8, 4) is 0 Å². The molecule has 0 unspecified atom stereocenters. The molecule has 5 nitrogen and oxygen atoms in total. The fourth-order valence-corrected chi connectivity index (χ4v) is 2.97. The molecule has 19 heavy (non-hydrogen) atoms. The van der Waals surface area contributed by atoms with Crippen LogP contribution in [0.2, 0.25) is 0 Å². The van der Waals surface area contributed by atoms with Gasteiger partial charge in [0.2, 0.25) is 0 Å². The fraction of sp³-hybridized carbons (Fsp3) is 0.786. The first-order chi connectivity index (χ1) is 9.31. The number of hydrogen-bond acceptors (Lipinski definition) is 4. The van der Waals surface area contributed by atoms with E-state index in [1.165, 1.54) is 26.1 Å². The first kappa shape index (κ1) is 13.1. The van der Waals surface area contributed by atoms with Crippen molar-refractivity contribution in [2.45, 2.75) is 13.0 Å². The Kier molecular flexibility index (Phi) is 4.15. The van der Waals surface area contributed by atoms with Crippen LogP contribution in [0.1, 0.15) is 12.2 Å². The summed E-state index contributed by atoms with van der Waals surface area (Å²) in [5, 5.41) is 0. The molecule has 3 heterocycles. The maximum absolute atomic E-state index is 5.45. The Morgan fingerprint density at radius 3 is 2.68 bits per heavy atom. The molecule has 0 saturated carbocycles. The molecule has 2 fully saturated rings. The average molecular weight is 264 g/mol. The molecule has 0 N–H and O–H groups in total.